The summed E-state index contributed by atoms with van der Waals surface area (Å²) in [7, 11) is 0. The molecule has 1 aliphatic heterocycles. The van der Waals surface area contributed by atoms with Crippen molar-refractivity contribution in [2.75, 3.05) is 19.6 Å². The van der Waals surface area contributed by atoms with Gasteiger partial charge in [0.1, 0.15) is 0 Å². The van der Waals surface area contributed by atoms with E-state index < -0.39 is 0 Å². The third-order valence-corrected chi connectivity index (χ3v) is 4.04. The van der Waals surface area contributed by atoms with Gasteiger partial charge in [0.2, 0.25) is 0 Å². The third-order valence-electron chi connectivity index (χ3n) is 3.02. The summed E-state index contributed by atoms with van der Waals surface area (Å²) in [5, 5.41) is 7.88. The van der Waals surface area contributed by atoms with Crippen LogP contribution in [0.4, 0.5) is 4.79 Å². The minimum absolute atomic E-state index is 0.0711. The lowest BCUT2D eigenvalue weighted by atomic mass is 10.1. The zero-order valence-corrected chi connectivity index (χ0v) is 11.8. The SMILES string of the molecule is CC(C)NC(=O)NCCN1CCc2sccc2C1. The van der Waals surface area contributed by atoms with Crippen molar-refractivity contribution in [1.29, 1.82) is 0 Å². The lowest BCUT2D eigenvalue weighted by Gasteiger charge is -2.26. The summed E-state index contributed by atoms with van der Waals surface area (Å²) in [6, 6.07) is 2.33. The van der Waals surface area contributed by atoms with Gasteiger partial charge >= 0.3 is 6.03 Å². The molecule has 0 saturated heterocycles. The van der Waals surface area contributed by atoms with Crippen molar-refractivity contribution in [1.82, 2.24) is 15.5 Å². The van der Waals surface area contributed by atoms with E-state index >= 15 is 0 Å². The number of fused-ring (bicyclic) bond motifs is 1. The molecule has 1 aromatic rings. The van der Waals surface area contributed by atoms with Gasteiger partial charge in [-0.2, -0.15) is 0 Å². The van der Waals surface area contributed by atoms with Gasteiger partial charge in [-0.1, -0.05) is 0 Å². The van der Waals surface area contributed by atoms with Crippen molar-refractivity contribution < 1.29 is 4.79 Å². The molecule has 2 N–H and O–H groups in total. The maximum absolute atomic E-state index is 11.4. The second-order valence-electron chi connectivity index (χ2n) is 4.95. The van der Waals surface area contributed by atoms with E-state index in [-0.39, 0.29) is 12.1 Å². The Bertz CT molecular complexity index is 403. The Labute approximate surface area is 112 Å². The fraction of sp³-hybridized carbons (Fsp3) is 0.615. The van der Waals surface area contributed by atoms with Crippen LogP contribution in [0.15, 0.2) is 11.4 Å². The highest BCUT2D eigenvalue weighted by molar-refractivity contribution is 7.10. The van der Waals surface area contributed by atoms with E-state index in [4.69, 9.17) is 0 Å². The Morgan fingerprint density at radius 3 is 3.17 bits per heavy atom. The minimum Gasteiger partial charge on any atom is -0.337 e. The molecule has 2 rings (SSSR count). The van der Waals surface area contributed by atoms with Gasteiger partial charge in [0.25, 0.3) is 0 Å². The van der Waals surface area contributed by atoms with Crippen LogP contribution in [0.2, 0.25) is 0 Å². The van der Waals surface area contributed by atoms with Gasteiger partial charge in [-0.05, 0) is 37.3 Å². The van der Waals surface area contributed by atoms with Crippen LogP contribution in [0, 0.1) is 0 Å². The molecule has 1 aliphatic rings. The standard InChI is InChI=1S/C13H21N3OS/c1-10(2)15-13(17)14-5-7-16-6-3-12-11(9-16)4-8-18-12/h4,8,10H,3,5-7,9H2,1-2H3,(H2,14,15,17). The highest BCUT2D eigenvalue weighted by Gasteiger charge is 2.16. The highest BCUT2D eigenvalue weighted by atomic mass is 32.1. The number of hydrogen-bond acceptors (Lipinski definition) is 3. The van der Waals surface area contributed by atoms with E-state index in [0.717, 1.165) is 26.1 Å². The zero-order valence-electron chi connectivity index (χ0n) is 11.0. The van der Waals surface area contributed by atoms with Crippen LogP contribution in [-0.2, 0) is 13.0 Å². The molecular weight excluding hydrogens is 246 g/mol. The predicted octanol–water partition coefficient (Wildman–Crippen LogP) is 1.81. The summed E-state index contributed by atoms with van der Waals surface area (Å²) in [4.78, 5) is 15.3. The molecule has 100 valence electrons. The topological polar surface area (TPSA) is 44.4 Å². The van der Waals surface area contributed by atoms with Gasteiger partial charge < -0.3 is 10.6 Å². The van der Waals surface area contributed by atoms with E-state index in [2.05, 4.69) is 27.0 Å². The number of hydrogen-bond donors (Lipinski definition) is 2. The van der Waals surface area contributed by atoms with Crippen molar-refractivity contribution in [3.05, 3.63) is 21.9 Å². The van der Waals surface area contributed by atoms with E-state index in [1.807, 2.05) is 25.2 Å². The Morgan fingerprint density at radius 1 is 1.56 bits per heavy atom. The first-order chi connectivity index (χ1) is 8.65. The van der Waals surface area contributed by atoms with E-state index in [9.17, 15) is 4.79 Å². The Morgan fingerprint density at radius 2 is 2.39 bits per heavy atom. The van der Waals surface area contributed by atoms with Gasteiger partial charge in [-0.3, -0.25) is 4.90 Å². The van der Waals surface area contributed by atoms with Crippen molar-refractivity contribution >= 4 is 17.4 Å². The molecule has 18 heavy (non-hydrogen) atoms. The average Bonchev–Trinajstić information content (AvgIpc) is 2.75. The molecule has 0 unspecified atom stereocenters. The molecule has 1 aromatic heterocycles. The molecule has 0 aliphatic carbocycles. The number of carbonyl (C=O) groups excluding carboxylic acids is 1. The molecule has 0 saturated carbocycles. The summed E-state index contributed by atoms with van der Waals surface area (Å²) >= 11 is 1.86. The average molecular weight is 267 g/mol. The third kappa shape index (κ3) is 3.71. The van der Waals surface area contributed by atoms with Crippen molar-refractivity contribution in [2.24, 2.45) is 0 Å². The lowest BCUT2D eigenvalue weighted by molar-refractivity contribution is 0.229. The molecular formula is C13H21N3OS. The summed E-state index contributed by atoms with van der Waals surface area (Å²) in [6.07, 6.45) is 1.14. The fourth-order valence-corrected chi connectivity index (χ4v) is 3.03. The molecule has 5 heteroatoms. The largest absolute Gasteiger partial charge is 0.337 e. The van der Waals surface area contributed by atoms with Crippen LogP contribution >= 0.6 is 11.3 Å². The maximum atomic E-state index is 11.4. The Balaban J connectivity index is 1.68. The summed E-state index contributed by atoms with van der Waals surface area (Å²) in [5.41, 5.74) is 1.46. The van der Waals surface area contributed by atoms with Crippen molar-refractivity contribution in [2.45, 2.75) is 32.9 Å². The molecule has 0 fully saturated rings. The number of urea groups is 1. The molecule has 0 bridgehead atoms. The lowest BCUT2D eigenvalue weighted by Crippen LogP contribution is -2.43. The Hall–Kier alpha value is -1.07. The quantitative estimate of drug-likeness (QED) is 0.874. The predicted molar refractivity (Wildman–Crippen MR) is 75.0 cm³/mol. The van der Waals surface area contributed by atoms with E-state index in [1.54, 1.807) is 0 Å². The maximum Gasteiger partial charge on any atom is 0.315 e. The number of amides is 2. The smallest absolute Gasteiger partial charge is 0.315 e. The monoisotopic (exact) mass is 267 g/mol. The first kappa shape index (κ1) is 13.4. The molecule has 0 spiro atoms. The first-order valence-corrected chi connectivity index (χ1v) is 7.35. The Kier molecular flexibility index (Phi) is 4.60. The van der Waals surface area contributed by atoms with Crippen molar-refractivity contribution in [3.63, 3.8) is 0 Å². The first-order valence-electron chi connectivity index (χ1n) is 6.47. The number of carbonyl (C=O) groups is 1. The van der Waals surface area contributed by atoms with E-state index in [1.165, 1.54) is 10.4 Å². The highest BCUT2D eigenvalue weighted by Crippen LogP contribution is 2.23. The van der Waals surface area contributed by atoms with Crippen LogP contribution in [-0.4, -0.2) is 36.6 Å². The number of nitrogens with one attached hydrogen (secondary N) is 2. The summed E-state index contributed by atoms with van der Waals surface area (Å²) in [5.74, 6) is 0. The van der Waals surface area contributed by atoms with Gasteiger partial charge in [-0.15, -0.1) is 11.3 Å². The number of thiophene rings is 1. The van der Waals surface area contributed by atoms with Crippen LogP contribution in [0.1, 0.15) is 24.3 Å². The van der Waals surface area contributed by atoms with Crippen LogP contribution in [0.25, 0.3) is 0 Å². The van der Waals surface area contributed by atoms with Crippen LogP contribution in [0.3, 0.4) is 0 Å². The summed E-state index contributed by atoms with van der Waals surface area (Å²) in [6.45, 7) is 7.66. The second-order valence-corrected chi connectivity index (χ2v) is 5.95. The van der Waals surface area contributed by atoms with Gasteiger partial charge in [0.05, 0.1) is 0 Å². The minimum atomic E-state index is -0.0711. The normalized spacial score (nSPS) is 15.5. The van der Waals surface area contributed by atoms with Gasteiger partial charge in [-0.25, -0.2) is 4.79 Å². The van der Waals surface area contributed by atoms with Crippen LogP contribution in [0.5, 0.6) is 0 Å². The van der Waals surface area contributed by atoms with Gasteiger partial charge in [0.15, 0.2) is 0 Å². The molecule has 2 amide bonds. The summed E-state index contributed by atoms with van der Waals surface area (Å²) < 4.78 is 0. The van der Waals surface area contributed by atoms with Crippen molar-refractivity contribution in [3.8, 4) is 0 Å². The molecule has 0 aromatic carbocycles. The number of rotatable bonds is 4. The second kappa shape index (κ2) is 6.20. The van der Waals surface area contributed by atoms with Crippen LogP contribution < -0.4 is 10.6 Å². The molecule has 0 radical (unpaired) electrons. The zero-order chi connectivity index (χ0) is 13.0. The van der Waals surface area contributed by atoms with E-state index in [0.29, 0.717) is 6.54 Å². The fourth-order valence-electron chi connectivity index (χ4n) is 2.14. The molecule has 2 heterocycles. The molecule has 4 nitrogen and oxygen atoms in total. The molecule has 0 atom stereocenters. The number of nitrogens with zero attached hydrogens (tertiary/aromatic N) is 1. The van der Waals surface area contributed by atoms with Gasteiger partial charge in [0, 0.05) is 37.1 Å².